The topological polar surface area (TPSA) is 0 Å². The highest BCUT2D eigenvalue weighted by Crippen LogP contribution is 1.62. The van der Waals surface area contributed by atoms with Crippen molar-refractivity contribution in [2.24, 2.45) is 0 Å². The summed E-state index contributed by atoms with van der Waals surface area (Å²) in [6, 6.07) is 0. The number of rotatable bonds is 0. The van der Waals surface area contributed by atoms with Crippen LogP contribution in [0.1, 0.15) is 6.92 Å². The third kappa shape index (κ3) is 4.86. The molecule has 0 heteroatoms. The second-order valence-electron chi connectivity index (χ2n) is 0.894. The van der Waals surface area contributed by atoms with Crippen LogP contribution in [0.2, 0.25) is 0 Å². The molecule has 0 aromatic carbocycles. The molecule has 0 N–H and O–H groups in total. The maximum atomic E-state index is 4.86. The van der Waals surface area contributed by atoms with Crippen LogP contribution in [0.4, 0.5) is 0 Å². The van der Waals surface area contributed by atoms with Crippen LogP contribution < -0.4 is 0 Å². The lowest BCUT2D eigenvalue weighted by atomic mass is 10.5. The second kappa shape index (κ2) is 4.86. The summed E-state index contributed by atoms with van der Waals surface area (Å²) in [7, 11) is 0. The van der Waals surface area contributed by atoms with Gasteiger partial charge in [-0.1, -0.05) is 11.8 Å². The fourth-order valence-corrected chi connectivity index (χ4v) is 0.173. The minimum absolute atomic E-state index is 1.57. The lowest BCUT2D eigenvalue weighted by Crippen LogP contribution is -1.45. The van der Waals surface area contributed by atoms with E-state index in [-0.39, 0.29) is 0 Å². The molecule has 0 aliphatic heterocycles. The lowest BCUT2D eigenvalue weighted by molar-refractivity contribution is 1.91. The molecule has 0 rings (SSSR count). The zero-order chi connectivity index (χ0) is 5.54. The van der Waals surface area contributed by atoms with Gasteiger partial charge in [-0.05, 0) is 19.1 Å². The first-order valence-corrected chi connectivity index (χ1v) is 1.95. The van der Waals surface area contributed by atoms with Gasteiger partial charge in [-0.3, -0.25) is 0 Å². The van der Waals surface area contributed by atoms with Crippen molar-refractivity contribution in [3.05, 3.63) is 12.2 Å². The van der Waals surface area contributed by atoms with Crippen molar-refractivity contribution in [1.82, 2.24) is 0 Å². The Morgan fingerprint density at radius 2 is 2.14 bits per heavy atom. The first kappa shape index (κ1) is 5.86. The zero-order valence-electron chi connectivity index (χ0n) is 4.23. The van der Waals surface area contributed by atoms with Gasteiger partial charge in [0.1, 0.15) is 0 Å². The van der Waals surface area contributed by atoms with Crippen molar-refractivity contribution in [2.75, 3.05) is 0 Å². The Morgan fingerprint density at radius 1 is 1.43 bits per heavy atom. The summed E-state index contributed by atoms with van der Waals surface area (Å²) in [6.07, 6.45) is 8.07. The molecular formula is C7H6. The van der Waals surface area contributed by atoms with Crippen LogP contribution in [-0.4, -0.2) is 0 Å². The van der Waals surface area contributed by atoms with E-state index in [0.717, 1.165) is 0 Å². The highest BCUT2D eigenvalue weighted by molar-refractivity contribution is 5.21. The number of hydrogen-bond acceptors (Lipinski definition) is 0. The minimum atomic E-state index is 1.57. The van der Waals surface area contributed by atoms with Crippen molar-refractivity contribution >= 4 is 0 Å². The molecule has 0 heterocycles. The van der Waals surface area contributed by atoms with Gasteiger partial charge in [-0.25, -0.2) is 0 Å². The molecule has 0 saturated heterocycles. The van der Waals surface area contributed by atoms with Crippen molar-refractivity contribution in [2.45, 2.75) is 6.92 Å². The first-order valence-electron chi connectivity index (χ1n) is 1.95. The second-order valence-corrected chi connectivity index (χ2v) is 0.894. The fraction of sp³-hybridized carbons (Fsp3) is 0.143. The van der Waals surface area contributed by atoms with Crippen molar-refractivity contribution in [3.63, 3.8) is 0 Å². The maximum absolute atomic E-state index is 4.86. The third-order valence-corrected chi connectivity index (χ3v) is 0.407. The molecule has 34 valence electrons. The fourth-order valence-electron chi connectivity index (χ4n) is 0.173. The van der Waals surface area contributed by atoms with Gasteiger partial charge in [-0.15, -0.1) is 12.3 Å². The third-order valence-electron chi connectivity index (χ3n) is 0.407. The van der Waals surface area contributed by atoms with E-state index in [2.05, 4.69) is 17.8 Å². The number of terminal acetylenes is 1. The van der Waals surface area contributed by atoms with Gasteiger partial charge in [0.25, 0.3) is 0 Å². The average molecular weight is 90.1 g/mol. The van der Waals surface area contributed by atoms with E-state index in [9.17, 15) is 0 Å². The molecule has 0 radical (unpaired) electrons. The summed E-state index contributed by atoms with van der Waals surface area (Å²) in [6.45, 7) is 1.76. The Kier molecular flexibility index (Phi) is 4.07. The quantitative estimate of drug-likeness (QED) is 0.392. The van der Waals surface area contributed by atoms with Crippen LogP contribution >= 0.6 is 0 Å². The molecule has 0 fully saturated rings. The van der Waals surface area contributed by atoms with E-state index in [0.29, 0.717) is 0 Å². The van der Waals surface area contributed by atoms with Crippen LogP contribution in [0.5, 0.6) is 0 Å². The summed E-state index contributed by atoms with van der Waals surface area (Å²) in [5.41, 5.74) is 0. The number of hydrogen-bond donors (Lipinski definition) is 0. The summed E-state index contributed by atoms with van der Waals surface area (Å²) < 4.78 is 0. The first-order chi connectivity index (χ1) is 3.41. The monoisotopic (exact) mass is 90.0 g/mol. The molecule has 0 aromatic heterocycles. The van der Waals surface area contributed by atoms with Crippen LogP contribution in [0, 0.1) is 24.2 Å². The van der Waals surface area contributed by atoms with Crippen LogP contribution in [0.25, 0.3) is 0 Å². The normalized spacial score (nSPS) is 6.86. The molecule has 7 heavy (non-hydrogen) atoms. The Bertz CT molecular complexity index is 145. The van der Waals surface area contributed by atoms with Crippen LogP contribution in [0.3, 0.4) is 0 Å². The summed E-state index contributed by atoms with van der Waals surface area (Å²) in [4.78, 5) is 0. The Labute approximate surface area is 44.2 Å². The molecule has 0 bridgehead atoms. The highest BCUT2D eigenvalue weighted by Gasteiger charge is 1.49. The zero-order valence-corrected chi connectivity index (χ0v) is 4.23. The summed E-state index contributed by atoms with van der Waals surface area (Å²) in [5.74, 6) is 7.67. The molecule has 0 atom stereocenters. The van der Waals surface area contributed by atoms with Gasteiger partial charge in [0, 0.05) is 0 Å². The Morgan fingerprint density at radius 3 is 2.57 bits per heavy atom. The molecule has 0 saturated carbocycles. The van der Waals surface area contributed by atoms with Crippen molar-refractivity contribution in [1.29, 1.82) is 0 Å². The number of allylic oxidation sites excluding steroid dienone is 2. The molecule has 0 aliphatic rings. The standard InChI is InChI=1S/C7H6/c1-3-5-7-6-4-2/h1,5,7H,2H3/b7-5-. The highest BCUT2D eigenvalue weighted by atomic mass is 13.5. The smallest absolute Gasteiger partial charge is 0.00235 e. The van der Waals surface area contributed by atoms with Gasteiger partial charge >= 0.3 is 0 Å². The predicted molar refractivity (Wildman–Crippen MR) is 31.4 cm³/mol. The van der Waals surface area contributed by atoms with E-state index >= 15 is 0 Å². The van der Waals surface area contributed by atoms with Crippen molar-refractivity contribution < 1.29 is 0 Å². The molecule has 0 amide bonds. The van der Waals surface area contributed by atoms with E-state index in [1.165, 1.54) is 0 Å². The minimum Gasteiger partial charge on any atom is -0.115 e. The van der Waals surface area contributed by atoms with E-state index < -0.39 is 0 Å². The van der Waals surface area contributed by atoms with E-state index in [4.69, 9.17) is 6.42 Å². The van der Waals surface area contributed by atoms with Crippen molar-refractivity contribution in [3.8, 4) is 24.2 Å². The summed E-state index contributed by atoms with van der Waals surface area (Å²) >= 11 is 0. The van der Waals surface area contributed by atoms with Crippen LogP contribution in [-0.2, 0) is 0 Å². The van der Waals surface area contributed by atoms with Gasteiger partial charge in [0.2, 0.25) is 0 Å². The molecule has 0 unspecified atom stereocenters. The SMILES string of the molecule is C#C/C=C\C#CC. The Balaban J connectivity index is 3.47. The van der Waals surface area contributed by atoms with Crippen LogP contribution in [0.15, 0.2) is 12.2 Å². The lowest BCUT2D eigenvalue weighted by Gasteiger charge is -1.57. The summed E-state index contributed by atoms with van der Waals surface area (Å²) in [5, 5.41) is 0. The Hall–Kier alpha value is -1.14. The molecule has 0 nitrogen and oxygen atoms in total. The molecular weight excluding hydrogens is 84.1 g/mol. The van der Waals surface area contributed by atoms with Gasteiger partial charge in [-0.2, -0.15) is 0 Å². The average Bonchev–Trinajstić information content (AvgIpc) is 1.69. The molecule has 0 spiro atoms. The predicted octanol–water partition coefficient (Wildman–Crippen LogP) is 1.20. The van der Waals surface area contributed by atoms with E-state index in [1.54, 1.807) is 19.1 Å². The van der Waals surface area contributed by atoms with Gasteiger partial charge < -0.3 is 0 Å². The van der Waals surface area contributed by atoms with Gasteiger partial charge in [0.05, 0.1) is 0 Å². The maximum Gasteiger partial charge on any atom is -0.00235 e. The molecule has 0 aromatic rings. The molecule has 0 aliphatic carbocycles. The van der Waals surface area contributed by atoms with E-state index in [1.807, 2.05) is 0 Å². The largest absolute Gasteiger partial charge is 0.115 e. The van der Waals surface area contributed by atoms with Gasteiger partial charge in [0.15, 0.2) is 0 Å².